The molecule has 1 aromatic heterocycles. The molecule has 1 aliphatic heterocycles. The average molecular weight is 289 g/mol. The lowest BCUT2D eigenvalue weighted by Crippen LogP contribution is -2.39. The van der Waals surface area contributed by atoms with E-state index in [9.17, 15) is 4.79 Å². The Labute approximate surface area is 127 Å². The molecule has 1 unspecified atom stereocenters. The quantitative estimate of drug-likeness (QED) is 0.875. The zero-order valence-electron chi connectivity index (χ0n) is 13.2. The molecule has 116 valence electrons. The molecule has 1 aliphatic rings. The average Bonchev–Trinajstić information content (AvgIpc) is 2.54. The fourth-order valence-electron chi connectivity index (χ4n) is 3.00. The van der Waals surface area contributed by atoms with Gasteiger partial charge in [-0.1, -0.05) is 13.0 Å². The zero-order valence-corrected chi connectivity index (χ0v) is 13.2. The monoisotopic (exact) mass is 289 g/mol. The number of amides is 1. The van der Waals surface area contributed by atoms with Crippen LogP contribution in [-0.2, 0) is 4.79 Å². The van der Waals surface area contributed by atoms with Gasteiger partial charge >= 0.3 is 0 Å². The van der Waals surface area contributed by atoms with Gasteiger partial charge in [0.2, 0.25) is 5.91 Å². The van der Waals surface area contributed by atoms with E-state index in [0.717, 1.165) is 44.0 Å². The first-order chi connectivity index (χ1) is 10.2. The molecule has 21 heavy (non-hydrogen) atoms. The minimum atomic E-state index is 0.244. The predicted octanol–water partition coefficient (Wildman–Crippen LogP) is 2.42. The van der Waals surface area contributed by atoms with Crippen molar-refractivity contribution in [3.63, 3.8) is 0 Å². The highest BCUT2D eigenvalue weighted by atomic mass is 16.2. The summed E-state index contributed by atoms with van der Waals surface area (Å²) in [5.41, 5.74) is 1.15. The summed E-state index contributed by atoms with van der Waals surface area (Å²) in [7, 11) is 2.00. The lowest BCUT2D eigenvalue weighted by molar-refractivity contribution is -0.132. The SMILES string of the molecule is CNCCC1CCN(C(=O)CC(C)c2cccnc2)CC1. The number of pyridine rings is 1. The van der Waals surface area contributed by atoms with Crippen molar-refractivity contribution in [2.75, 3.05) is 26.7 Å². The molecule has 2 heterocycles. The highest BCUT2D eigenvalue weighted by molar-refractivity contribution is 5.77. The Balaban J connectivity index is 1.77. The Morgan fingerprint density at radius 1 is 1.48 bits per heavy atom. The molecule has 1 N–H and O–H groups in total. The maximum Gasteiger partial charge on any atom is 0.223 e. The molecule has 1 saturated heterocycles. The van der Waals surface area contributed by atoms with Gasteiger partial charge in [-0.3, -0.25) is 9.78 Å². The minimum absolute atomic E-state index is 0.244. The summed E-state index contributed by atoms with van der Waals surface area (Å²) in [6, 6.07) is 3.98. The van der Waals surface area contributed by atoms with Crippen molar-refractivity contribution in [2.24, 2.45) is 5.92 Å². The largest absolute Gasteiger partial charge is 0.343 e. The van der Waals surface area contributed by atoms with Gasteiger partial charge in [0.25, 0.3) is 0 Å². The first-order valence-electron chi connectivity index (χ1n) is 8.03. The number of hydrogen-bond donors (Lipinski definition) is 1. The summed E-state index contributed by atoms with van der Waals surface area (Å²) in [5, 5.41) is 3.21. The van der Waals surface area contributed by atoms with Crippen LogP contribution in [0.25, 0.3) is 0 Å². The van der Waals surface area contributed by atoms with Crippen LogP contribution in [0.5, 0.6) is 0 Å². The number of piperidine rings is 1. The zero-order chi connectivity index (χ0) is 15.1. The van der Waals surface area contributed by atoms with Crippen LogP contribution >= 0.6 is 0 Å². The second kappa shape index (κ2) is 8.13. The van der Waals surface area contributed by atoms with Crippen molar-refractivity contribution < 1.29 is 4.79 Å². The van der Waals surface area contributed by atoms with E-state index in [0.29, 0.717) is 12.3 Å². The fourth-order valence-corrected chi connectivity index (χ4v) is 3.00. The van der Waals surface area contributed by atoms with E-state index in [4.69, 9.17) is 0 Å². The van der Waals surface area contributed by atoms with Gasteiger partial charge in [-0.15, -0.1) is 0 Å². The van der Waals surface area contributed by atoms with Gasteiger partial charge in [-0.2, -0.15) is 0 Å². The molecule has 0 spiro atoms. The molecule has 4 nitrogen and oxygen atoms in total. The van der Waals surface area contributed by atoms with Gasteiger partial charge in [-0.05, 0) is 56.3 Å². The van der Waals surface area contributed by atoms with Crippen molar-refractivity contribution >= 4 is 5.91 Å². The summed E-state index contributed by atoms with van der Waals surface area (Å²) in [5.74, 6) is 1.31. The third-order valence-corrected chi connectivity index (χ3v) is 4.50. The molecule has 1 atom stereocenters. The standard InChI is InChI=1S/C17H27N3O/c1-14(16-4-3-8-19-13-16)12-17(21)20-10-6-15(7-11-20)5-9-18-2/h3-4,8,13-15,18H,5-7,9-12H2,1-2H3. The van der Waals surface area contributed by atoms with E-state index in [1.807, 2.05) is 24.2 Å². The molecule has 0 saturated carbocycles. The van der Waals surface area contributed by atoms with Gasteiger partial charge in [0, 0.05) is 31.9 Å². The molecule has 0 radical (unpaired) electrons. The minimum Gasteiger partial charge on any atom is -0.343 e. The van der Waals surface area contributed by atoms with Gasteiger partial charge < -0.3 is 10.2 Å². The van der Waals surface area contributed by atoms with Crippen LogP contribution in [0.3, 0.4) is 0 Å². The molecular weight excluding hydrogens is 262 g/mol. The molecule has 0 aromatic carbocycles. The molecule has 1 fully saturated rings. The molecule has 1 amide bonds. The van der Waals surface area contributed by atoms with E-state index in [1.54, 1.807) is 6.20 Å². The first kappa shape index (κ1) is 16.0. The summed E-state index contributed by atoms with van der Waals surface area (Å²) in [6.07, 6.45) is 7.75. The van der Waals surface area contributed by atoms with Gasteiger partial charge in [0.15, 0.2) is 0 Å². The maximum absolute atomic E-state index is 12.4. The van der Waals surface area contributed by atoms with Crippen molar-refractivity contribution in [3.05, 3.63) is 30.1 Å². The van der Waals surface area contributed by atoms with E-state index in [1.165, 1.54) is 6.42 Å². The summed E-state index contributed by atoms with van der Waals surface area (Å²) in [6.45, 7) is 5.03. The van der Waals surface area contributed by atoms with Crippen LogP contribution < -0.4 is 5.32 Å². The molecule has 0 bridgehead atoms. The highest BCUT2D eigenvalue weighted by Crippen LogP contribution is 2.23. The number of nitrogens with zero attached hydrogens (tertiary/aromatic N) is 2. The second-order valence-electron chi connectivity index (χ2n) is 6.11. The van der Waals surface area contributed by atoms with Crippen LogP contribution in [0.1, 0.15) is 44.1 Å². The molecular formula is C17H27N3O. The molecule has 1 aromatic rings. The number of hydrogen-bond acceptors (Lipinski definition) is 3. The first-order valence-corrected chi connectivity index (χ1v) is 8.03. The van der Waals surface area contributed by atoms with Gasteiger partial charge in [-0.25, -0.2) is 0 Å². The lowest BCUT2D eigenvalue weighted by atomic mass is 9.92. The lowest BCUT2D eigenvalue weighted by Gasteiger charge is -2.32. The van der Waals surface area contributed by atoms with Gasteiger partial charge in [0.05, 0.1) is 0 Å². The Bertz CT molecular complexity index is 427. The molecule has 0 aliphatic carbocycles. The Kier molecular flexibility index (Phi) is 6.18. The third kappa shape index (κ3) is 4.81. The van der Waals surface area contributed by atoms with Crippen LogP contribution in [0.15, 0.2) is 24.5 Å². The van der Waals surface area contributed by atoms with Crippen LogP contribution in [0.4, 0.5) is 0 Å². The fraction of sp³-hybridized carbons (Fsp3) is 0.647. The number of aromatic nitrogens is 1. The Hall–Kier alpha value is -1.42. The van der Waals surface area contributed by atoms with Crippen molar-refractivity contribution in [2.45, 2.75) is 38.5 Å². The summed E-state index contributed by atoms with van der Waals surface area (Å²) >= 11 is 0. The number of carbonyl (C=O) groups excluding carboxylic acids is 1. The van der Waals surface area contributed by atoms with Crippen molar-refractivity contribution in [3.8, 4) is 0 Å². The van der Waals surface area contributed by atoms with E-state index in [2.05, 4.69) is 23.3 Å². The van der Waals surface area contributed by atoms with Crippen LogP contribution in [0.2, 0.25) is 0 Å². The van der Waals surface area contributed by atoms with E-state index < -0.39 is 0 Å². The number of carbonyl (C=O) groups is 1. The molecule has 2 rings (SSSR count). The third-order valence-electron chi connectivity index (χ3n) is 4.50. The molecule has 4 heteroatoms. The summed E-state index contributed by atoms with van der Waals surface area (Å²) in [4.78, 5) is 18.6. The van der Waals surface area contributed by atoms with E-state index in [-0.39, 0.29) is 5.92 Å². The highest BCUT2D eigenvalue weighted by Gasteiger charge is 2.23. The van der Waals surface area contributed by atoms with Crippen LogP contribution in [0, 0.1) is 5.92 Å². The predicted molar refractivity (Wildman–Crippen MR) is 85.1 cm³/mol. The number of rotatable bonds is 6. The Morgan fingerprint density at radius 2 is 2.24 bits per heavy atom. The summed E-state index contributed by atoms with van der Waals surface area (Å²) < 4.78 is 0. The van der Waals surface area contributed by atoms with Crippen LogP contribution in [-0.4, -0.2) is 42.5 Å². The topological polar surface area (TPSA) is 45.2 Å². The normalized spacial score (nSPS) is 17.7. The maximum atomic E-state index is 12.4. The number of likely N-dealkylation sites (tertiary alicyclic amines) is 1. The van der Waals surface area contributed by atoms with Crippen molar-refractivity contribution in [1.29, 1.82) is 0 Å². The van der Waals surface area contributed by atoms with E-state index >= 15 is 0 Å². The number of nitrogens with one attached hydrogen (secondary N) is 1. The smallest absolute Gasteiger partial charge is 0.223 e. The van der Waals surface area contributed by atoms with Gasteiger partial charge in [0.1, 0.15) is 0 Å². The Morgan fingerprint density at radius 3 is 2.86 bits per heavy atom. The second-order valence-corrected chi connectivity index (χ2v) is 6.11. The van der Waals surface area contributed by atoms with Crippen molar-refractivity contribution in [1.82, 2.24) is 15.2 Å².